The fourth-order valence-electron chi connectivity index (χ4n) is 3.53. The van der Waals surface area contributed by atoms with E-state index in [0.717, 1.165) is 16.6 Å². The summed E-state index contributed by atoms with van der Waals surface area (Å²) in [5.41, 5.74) is 4.00. The first kappa shape index (κ1) is 19.7. The number of hydrogen-bond donors (Lipinski definition) is 0. The summed E-state index contributed by atoms with van der Waals surface area (Å²) >= 11 is 0. The molecule has 3 aromatic rings. The van der Waals surface area contributed by atoms with Crippen molar-refractivity contribution in [3.8, 4) is 0 Å². The average Bonchev–Trinajstić information content (AvgIpc) is 3.01. The van der Waals surface area contributed by atoms with Gasteiger partial charge in [-0.05, 0) is 53.1 Å². The van der Waals surface area contributed by atoms with Gasteiger partial charge in [-0.1, -0.05) is 65.8 Å². The molecule has 0 radical (unpaired) electrons. The predicted octanol–water partition coefficient (Wildman–Crippen LogP) is 6.25. The highest BCUT2D eigenvalue weighted by molar-refractivity contribution is 7.90. The number of nitrogens with zero attached hydrogens (tertiary/aromatic N) is 1. The maximum Gasteiger partial charge on any atom is 0.268 e. The summed E-state index contributed by atoms with van der Waals surface area (Å²) in [6.45, 7) is 12.7. The Kier molecular flexibility index (Phi) is 5.22. The van der Waals surface area contributed by atoms with E-state index >= 15 is 0 Å². The summed E-state index contributed by atoms with van der Waals surface area (Å²) in [5.74, 6) is 0.747. The Morgan fingerprint density at radius 1 is 0.778 bits per heavy atom. The summed E-state index contributed by atoms with van der Waals surface area (Å²) in [4.78, 5) is 0.324. The number of benzene rings is 2. The Morgan fingerprint density at radius 2 is 1.41 bits per heavy atom. The lowest BCUT2D eigenvalue weighted by Crippen LogP contribution is -2.16. The quantitative estimate of drug-likeness (QED) is 0.522. The first-order chi connectivity index (χ1) is 12.6. The molecule has 0 aliphatic heterocycles. The van der Waals surface area contributed by atoms with Gasteiger partial charge < -0.3 is 0 Å². The van der Waals surface area contributed by atoms with Crippen LogP contribution < -0.4 is 0 Å². The van der Waals surface area contributed by atoms with Gasteiger partial charge in [0.25, 0.3) is 10.0 Å². The Bertz CT molecular complexity index is 1060. The monoisotopic (exact) mass is 383 g/mol. The van der Waals surface area contributed by atoms with Crippen LogP contribution in [0.15, 0.2) is 53.4 Å². The van der Waals surface area contributed by atoms with Crippen LogP contribution in [-0.2, 0) is 10.0 Å². The number of hydrogen-bond acceptors (Lipinski definition) is 2. The lowest BCUT2D eigenvalue weighted by Gasteiger charge is -2.16. The zero-order chi connectivity index (χ0) is 19.9. The Morgan fingerprint density at radius 3 is 1.93 bits per heavy atom. The van der Waals surface area contributed by atoms with Crippen molar-refractivity contribution < 1.29 is 8.42 Å². The van der Waals surface area contributed by atoms with Crippen LogP contribution in [0.5, 0.6) is 0 Å². The maximum atomic E-state index is 13.6. The topological polar surface area (TPSA) is 39.1 Å². The summed E-state index contributed by atoms with van der Waals surface area (Å²) < 4.78 is 28.7. The molecule has 0 spiro atoms. The Balaban J connectivity index is 2.45. The highest BCUT2D eigenvalue weighted by Gasteiger charge is 2.26. The van der Waals surface area contributed by atoms with Gasteiger partial charge in [0.15, 0.2) is 0 Å². The minimum absolute atomic E-state index is 0.0957. The lowest BCUT2D eigenvalue weighted by atomic mass is 9.92. The SMILES string of the molecule is CC(C)c1cc(C(C)C)c2cc(C(C)C)n(S(=O)(=O)c3ccccc3)c2c1. The van der Waals surface area contributed by atoms with Gasteiger partial charge in [-0.3, -0.25) is 0 Å². The highest BCUT2D eigenvalue weighted by atomic mass is 32.2. The molecule has 0 N–H and O–H groups in total. The normalized spacial score (nSPS) is 12.6. The van der Waals surface area contributed by atoms with Gasteiger partial charge in [-0.25, -0.2) is 12.4 Å². The van der Waals surface area contributed by atoms with Gasteiger partial charge in [-0.2, -0.15) is 0 Å². The zero-order valence-corrected chi connectivity index (χ0v) is 17.8. The molecule has 0 saturated carbocycles. The van der Waals surface area contributed by atoms with Crippen LogP contribution in [0, 0.1) is 0 Å². The molecular weight excluding hydrogens is 354 g/mol. The molecule has 0 aliphatic rings. The van der Waals surface area contributed by atoms with Crippen LogP contribution in [0.1, 0.15) is 76.1 Å². The van der Waals surface area contributed by atoms with Gasteiger partial charge in [0.1, 0.15) is 0 Å². The molecule has 1 heterocycles. The second kappa shape index (κ2) is 7.16. The summed E-state index contributed by atoms with van der Waals surface area (Å²) in [5, 5.41) is 1.04. The van der Waals surface area contributed by atoms with E-state index < -0.39 is 10.0 Å². The van der Waals surface area contributed by atoms with Gasteiger partial charge >= 0.3 is 0 Å². The van der Waals surface area contributed by atoms with E-state index in [1.807, 2.05) is 19.9 Å². The number of aromatic nitrogens is 1. The lowest BCUT2D eigenvalue weighted by molar-refractivity contribution is 0.585. The van der Waals surface area contributed by atoms with E-state index in [-0.39, 0.29) is 5.92 Å². The number of fused-ring (bicyclic) bond motifs is 1. The van der Waals surface area contributed by atoms with Crippen molar-refractivity contribution in [2.45, 2.75) is 64.2 Å². The third-order valence-corrected chi connectivity index (χ3v) is 6.88. The Labute approximate surface area is 163 Å². The van der Waals surface area contributed by atoms with Crippen LogP contribution in [0.3, 0.4) is 0 Å². The van der Waals surface area contributed by atoms with Crippen LogP contribution in [0.4, 0.5) is 0 Å². The standard InChI is InChI=1S/C23H29NO2S/c1-15(2)18-12-20(16(3)4)21-14-22(17(5)6)24(23(21)13-18)27(25,26)19-10-8-7-9-11-19/h7-17H,1-6H3. The van der Waals surface area contributed by atoms with E-state index in [4.69, 9.17) is 0 Å². The summed E-state index contributed by atoms with van der Waals surface area (Å²) in [6, 6.07) is 15.1. The van der Waals surface area contributed by atoms with Crippen LogP contribution in [0.2, 0.25) is 0 Å². The Hall–Kier alpha value is -2.07. The van der Waals surface area contributed by atoms with Gasteiger partial charge in [0, 0.05) is 11.1 Å². The van der Waals surface area contributed by atoms with E-state index in [1.165, 1.54) is 11.1 Å². The van der Waals surface area contributed by atoms with E-state index in [2.05, 4.69) is 45.9 Å². The molecule has 4 heteroatoms. The number of rotatable bonds is 5. The van der Waals surface area contributed by atoms with E-state index in [9.17, 15) is 8.42 Å². The van der Waals surface area contributed by atoms with Crippen molar-refractivity contribution in [3.05, 3.63) is 65.4 Å². The van der Waals surface area contributed by atoms with Crippen molar-refractivity contribution in [3.63, 3.8) is 0 Å². The minimum Gasteiger partial charge on any atom is -0.238 e. The third-order valence-electron chi connectivity index (χ3n) is 5.12. The largest absolute Gasteiger partial charge is 0.268 e. The fraction of sp³-hybridized carbons (Fsp3) is 0.391. The minimum atomic E-state index is -3.67. The van der Waals surface area contributed by atoms with Crippen LogP contribution >= 0.6 is 0 Å². The molecule has 0 saturated heterocycles. The van der Waals surface area contributed by atoms with Crippen molar-refractivity contribution >= 4 is 20.9 Å². The molecule has 1 aromatic heterocycles. The molecular formula is C23H29NO2S. The maximum absolute atomic E-state index is 13.6. The molecule has 0 aliphatic carbocycles. The van der Waals surface area contributed by atoms with Crippen molar-refractivity contribution in [1.29, 1.82) is 0 Å². The van der Waals surface area contributed by atoms with Gasteiger partial charge in [-0.15, -0.1) is 0 Å². The van der Waals surface area contributed by atoms with Gasteiger partial charge in [0.2, 0.25) is 0 Å². The first-order valence-corrected chi connectivity index (χ1v) is 11.1. The van der Waals surface area contributed by atoms with Crippen molar-refractivity contribution in [2.24, 2.45) is 0 Å². The molecule has 27 heavy (non-hydrogen) atoms. The molecule has 0 unspecified atom stereocenters. The van der Waals surface area contributed by atoms with E-state index in [0.29, 0.717) is 16.7 Å². The second-order valence-electron chi connectivity index (χ2n) is 8.16. The molecule has 0 fully saturated rings. The molecule has 2 aromatic carbocycles. The molecule has 144 valence electrons. The third kappa shape index (κ3) is 3.43. The van der Waals surface area contributed by atoms with Crippen molar-refractivity contribution in [1.82, 2.24) is 3.97 Å². The van der Waals surface area contributed by atoms with Crippen LogP contribution in [0.25, 0.3) is 10.9 Å². The van der Waals surface area contributed by atoms with Gasteiger partial charge in [0.05, 0.1) is 10.4 Å². The highest BCUT2D eigenvalue weighted by Crippen LogP contribution is 2.36. The molecule has 3 rings (SSSR count). The smallest absolute Gasteiger partial charge is 0.238 e. The summed E-state index contributed by atoms with van der Waals surface area (Å²) in [6.07, 6.45) is 0. The van der Waals surface area contributed by atoms with Crippen molar-refractivity contribution in [2.75, 3.05) is 0 Å². The second-order valence-corrected chi connectivity index (χ2v) is 9.95. The predicted molar refractivity (Wildman–Crippen MR) is 113 cm³/mol. The molecule has 0 amide bonds. The summed E-state index contributed by atoms with van der Waals surface area (Å²) in [7, 11) is -3.67. The first-order valence-electron chi connectivity index (χ1n) is 9.64. The molecule has 0 atom stereocenters. The zero-order valence-electron chi connectivity index (χ0n) is 17.0. The van der Waals surface area contributed by atoms with E-state index in [1.54, 1.807) is 28.2 Å². The molecule has 0 bridgehead atoms. The van der Waals surface area contributed by atoms with Crippen LogP contribution in [-0.4, -0.2) is 12.4 Å². The molecule has 3 nitrogen and oxygen atoms in total. The fourth-order valence-corrected chi connectivity index (χ4v) is 5.19. The average molecular weight is 384 g/mol.